The lowest BCUT2D eigenvalue weighted by Gasteiger charge is -2.28. The summed E-state index contributed by atoms with van der Waals surface area (Å²) in [6, 6.07) is 1.55. The molecule has 2 saturated heterocycles. The molecule has 3 rings (SSSR count). The highest BCUT2D eigenvalue weighted by atomic mass is 32.3. The number of carbonyl (C=O) groups is 1. The Bertz CT molecular complexity index is 724. The molecule has 12 heteroatoms. The maximum absolute atomic E-state index is 12.1. The number of quaternary nitrogens is 1. The Morgan fingerprint density at radius 2 is 2.23 bits per heavy atom. The summed E-state index contributed by atoms with van der Waals surface area (Å²) >= 11 is 0. The molecule has 120 valence electrons. The zero-order valence-electron chi connectivity index (χ0n) is 11.5. The van der Waals surface area contributed by atoms with Crippen LogP contribution in [0.2, 0.25) is 0 Å². The van der Waals surface area contributed by atoms with Crippen molar-refractivity contribution in [2.45, 2.75) is 24.9 Å². The van der Waals surface area contributed by atoms with Gasteiger partial charge in [-0.25, -0.2) is 13.2 Å². The van der Waals surface area contributed by atoms with E-state index in [0.29, 0.717) is 23.6 Å². The number of fused-ring (bicyclic) bond motifs is 2. The van der Waals surface area contributed by atoms with E-state index in [1.165, 1.54) is 11.0 Å². The minimum Gasteiger partial charge on any atom is -0.724 e. The predicted octanol–water partition coefficient (Wildman–Crippen LogP) is 0.255. The van der Waals surface area contributed by atoms with Gasteiger partial charge in [-0.3, -0.25) is 0 Å². The van der Waals surface area contributed by atoms with E-state index in [0.717, 1.165) is 0 Å². The van der Waals surface area contributed by atoms with Gasteiger partial charge in [-0.1, -0.05) is 5.16 Å². The molecule has 3 heterocycles. The number of rotatable bonds is 3. The molecule has 4 N–H and O–H groups in total. The van der Waals surface area contributed by atoms with Crippen LogP contribution >= 0.6 is 0 Å². The lowest BCUT2D eigenvalue weighted by atomic mass is 9.98. The number of piperidine rings is 1. The Morgan fingerprint density at radius 1 is 1.50 bits per heavy atom. The first-order valence-electron chi connectivity index (χ1n) is 6.01. The van der Waals surface area contributed by atoms with Crippen molar-refractivity contribution in [3.63, 3.8) is 0 Å². The fourth-order valence-corrected chi connectivity index (χ4v) is 3.02. The first-order chi connectivity index (χ1) is 9.89. The van der Waals surface area contributed by atoms with Crippen LogP contribution < -0.4 is 6.15 Å². The molecule has 1 aromatic rings. The highest BCUT2D eigenvalue weighted by Crippen LogP contribution is 2.38. The SMILES string of the molecule is N#Cc1cc([C@@H]2CC[C@@H]3CN2C(=O)N3OS(=O)(=O)[O-])no1.[NH4+]. The summed E-state index contributed by atoms with van der Waals surface area (Å²) in [5, 5.41) is 13.0. The molecule has 11 nitrogen and oxygen atoms in total. The maximum Gasteiger partial charge on any atom is 0.346 e. The number of nitrogens with zero attached hydrogens (tertiary/aromatic N) is 4. The van der Waals surface area contributed by atoms with Gasteiger partial charge in [0, 0.05) is 12.6 Å². The lowest BCUT2D eigenvalue weighted by molar-refractivity contribution is -0.0328. The number of amides is 2. The van der Waals surface area contributed by atoms with E-state index < -0.39 is 28.5 Å². The summed E-state index contributed by atoms with van der Waals surface area (Å²) in [6.07, 6.45) is 0.934. The molecule has 0 unspecified atom stereocenters. The molecule has 1 aromatic heterocycles. The minimum absolute atomic E-state index is 0. The van der Waals surface area contributed by atoms with Crippen LogP contribution in [0, 0.1) is 11.3 Å². The standard InChI is InChI=1S/C10H10N4O6S.H3N/c11-4-7-3-8(12-19-7)9-2-1-6-5-13(9)10(15)14(6)20-21(16,17)18;/h3,6,9H,1-2,5H2,(H,16,17,18);1H3/t6-,9+;/m1./s1. The Morgan fingerprint density at radius 3 is 2.82 bits per heavy atom. The van der Waals surface area contributed by atoms with Crippen molar-refractivity contribution in [1.82, 2.24) is 21.3 Å². The number of hydrogen-bond acceptors (Lipinski definition) is 8. The van der Waals surface area contributed by atoms with Gasteiger partial charge in [0.05, 0.1) is 12.1 Å². The van der Waals surface area contributed by atoms with Gasteiger partial charge >= 0.3 is 6.03 Å². The molecule has 0 radical (unpaired) electrons. The summed E-state index contributed by atoms with van der Waals surface area (Å²) < 4.78 is 41.0. The fraction of sp³-hybridized carbons (Fsp3) is 0.500. The van der Waals surface area contributed by atoms with Crippen LogP contribution in [-0.2, 0) is 14.7 Å². The average Bonchev–Trinajstić information content (AvgIpc) is 2.98. The van der Waals surface area contributed by atoms with Gasteiger partial charge in [0.15, 0.2) is 0 Å². The zero-order valence-corrected chi connectivity index (χ0v) is 12.3. The Hall–Kier alpha value is -2.20. The number of urea groups is 1. The summed E-state index contributed by atoms with van der Waals surface area (Å²) in [5.74, 6) is 0.0222. The van der Waals surface area contributed by atoms with Crippen LogP contribution in [0.3, 0.4) is 0 Å². The number of hydrogen-bond donors (Lipinski definition) is 1. The van der Waals surface area contributed by atoms with Gasteiger partial charge in [-0.15, -0.1) is 0 Å². The third-order valence-electron chi connectivity index (χ3n) is 3.47. The number of carbonyl (C=O) groups excluding carboxylic acids is 1. The van der Waals surface area contributed by atoms with E-state index in [4.69, 9.17) is 9.78 Å². The van der Waals surface area contributed by atoms with Crippen molar-refractivity contribution in [2.24, 2.45) is 0 Å². The molecule has 2 fully saturated rings. The normalized spacial score (nSPS) is 24.1. The third-order valence-corrected chi connectivity index (χ3v) is 3.82. The molecular formula is C10H13N5O6S. The summed E-state index contributed by atoms with van der Waals surface area (Å²) in [6.45, 7) is 0.216. The molecule has 0 saturated carbocycles. The lowest BCUT2D eigenvalue weighted by Crippen LogP contribution is -2.35. The van der Waals surface area contributed by atoms with Crippen LogP contribution in [-0.4, -0.2) is 46.7 Å². The van der Waals surface area contributed by atoms with Crippen molar-refractivity contribution < 1.29 is 26.6 Å². The zero-order chi connectivity index (χ0) is 15.2. The molecule has 0 aromatic carbocycles. The molecule has 0 aliphatic carbocycles. The predicted molar refractivity (Wildman–Crippen MR) is 67.7 cm³/mol. The van der Waals surface area contributed by atoms with Gasteiger partial charge in [0.2, 0.25) is 16.2 Å². The highest BCUT2D eigenvalue weighted by molar-refractivity contribution is 7.80. The Kier molecular flexibility index (Phi) is 4.07. The monoisotopic (exact) mass is 331 g/mol. The third kappa shape index (κ3) is 2.74. The van der Waals surface area contributed by atoms with Crippen molar-refractivity contribution in [3.05, 3.63) is 17.5 Å². The summed E-state index contributed by atoms with van der Waals surface area (Å²) in [5.41, 5.74) is 0.408. The van der Waals surface area contributed by atoms with Gasteiger partial charge < -0.3 is 20.1 Å². The van der Waals surface area contributed by atoms with Crippen LogP contribution in [0.5, 0.6) is 0 Å². The Labute approximate surface area is 125 Å². The first kappa shape index (κ1) is 16.2. The van der Waals surface area contributed by atoms with Crippen molar-refractivity contribution >= 4 is 16.4 Å². The molecule has 0 spiro atoms. The molecule has 2 amide bonds. The molecule has 2 atom stereocenters. The van der Waals surface area contributed by atoms with Crippen molar-refractivity contribution in [3.8, 4) is 6.07 Å². The fourth-order valence-electron chi connectivity index (χ4n) is 2.63. The van der Waals surface area contributed by atoms with E-state index in [9.17, 15) is 17.8 Å². The topological polar surface area (TPSA) is 176 Å². The number of nitriles is 1. The largest absolute Gasteiger partial charge is 0.724 e. The van der Waals surface area contributed by atoms with Crippen molar-refractivity contribution in [2.75, 3.05) is 6.54 Å². The van der Waals surface area contributed by atoms with Gasteiger partial charge in [0.1, 0.15) is 11.8 Å². The molecular weight excluding hydrogens is 318 g/mol. The highest BCUT2D eigenvalue weighted by Gasteiger charge is 2.47. The van der Waals surface area contributed by atoms with Gasteiger partial charge in [-0.05, 0) is 12.8 Å². The van der Waals surface area contributed by atoms with Gasteiger partial charge in [0.25, 0.3) is 0 Å². The number of aromatic nitrogens is 1. The first-order valence-corrected chi connectivity index (χ1v) is 7.34. The van der Waals surface area contributed by atoms with E-state index in [-0.39, 0.29) is 18.5 Å². The summed E-state index contributed by atoms with van der Waals surface area (Å²) in [4.78, 5) is 13.5. The van der Waals surface area contributed by atoms with Crippen molar-refractivity contribution in [1.29, 1.82) is 5.26 Å². The second-order valence-electron chi connectivity index (χ2n) is 4.72. The molecule has 22 heavy (non-hydrogen) atoms. The van der Waals surface area contributed by atoms with E-state index in [1.54, 1.807) is 6.07 Å². The summed E-state index contributed by atoms with van der Waals surface area (Å²) in [7, 11) is -5.01. The van der Waals surface area contributed by atoms with E-state index >= 15 is 0 Å². The van der Waals surface area contributed by atoms with Gasteiger partial charge in [-0.2, -0.15) is 14.6 Å². The average molecular weight is 331 g/mol. The second-order valence-corrected chi connectivity index (χ2v) is 5.68. The van der Waals surface area contributed by atoms with Crippen LogP contribution in [0.4, 0.5) is 4.79 Å². The van der Waals surface area contributed by atoms with E-state index in [1.807, 2.05) is 0 Å². The minimum atomic E-state index is -5.01. The Balaban J connectivity index is 0.00000176. The quantitative estimate of drug-likeness (QED) is 0.605. The van der Waals surface area contributed by atoms with E-state index in [2.05, 4.69) is 9.44 Å². The van der Waals surface area contributed by atoms with Crippen LogP contribution in [0.15, 0.2) is 10.6 Å². The number of hydroxylamine groups is 2. The molecule has 2 aliphatic heterocycles. The molecule has 2 aliphatic rings. The smallest absolute Gasteiger partial charge is 0.346 e. The maximum atomic E-state index is 12.1. The molecule has 2 bridgehead atoms. The van der Waals surface area contributed by atoms with Crippen LogP contribution in [0.25, 0.3) is 0 Å². The second kappa shape index (κ2) is 5.54. The van der Waals surface area contributed by atoms with Crippen LogP contribution in [0.1, 0.15) is 30.3 Å².